The van der Waals surface area contributed by atoms with E-state index in [0.29, 0.717) is 114 Å². The summed E-state index contributed by atoms with van der Waals surface area (Å²) >= 11 is 13.0. The van der Waals surface area contributed by atoms with Crippen LogP contribution in [0.5, 0.6) is 0 Å². The van der Waals surface area contributed by atoms with Crippen LogP contribution in [0.2, 0.25) is 10.0 Å². The Morgan fingerprint density at radius 1 is 0.593 bits per heavy atom. The van der Waals surface area contributed by atoms with Gasteiger partial charge in [-0.3, -0.25) is 29.7 Å². The summed E-state index contributed by atoms with van der Waals surface area (Å²) in [4.78, 5) is 58.1. The number of halogens is 2. The van der Waals surface area contributed by atoms with Crippen LogP contribution in [0.4, 0.5) is 17.3 Å². The number of carbonyl (C=O) groups is 2. The van der Waals surface area contributed by atoms with Crippen LogP contribution in [0, 0.1) is 5.41 Å². The molecule has 2 aromatic heterocycles. The van der Waals surface area contributed by atoms with Crippen molar-refractivity contribution < 1.29 is 38.0 Å². The zero-order valence-corrected chi connectivity index (χ0v) is 50.4. The monoisotopic (exact) mass is 1220 g/mol. The van der Waals surface area contributed by atoms with Gasteiger partial charge in [0.1, 0.15) is 5.82 Å². The van der Waals surface area contributed by atoms with Crippen molar-refractivity contribution in [1.82, 2.24) is 45.3 Å². The fourth-order valence-electron chi connectivity index (χ4n) is 9.93. The topological polar surface area (TPSA) is 296 Å². The SMILES string of the molecule is CN(CC(=O)NCCOCCOCCOCCN1CCN(c2ccc(-c3nc(CC(=N)N)nc4ccc(Cl)cc34)cc2)CC1)CC(=O)NCCOCCOCCOCCN1CCN(c2ccc(-c3c(Cl)ccc4nc(N=C(N)N)ncc34)cc2)CC1. The minimum atomic E-state index is -0.194. The molecule has 0 saturated carbocycles. The van der Waals surface area contributed by atoms with E-state index in [2.05, 4.69) is 98.7 Å². The predicted octanol–water partition coefficient (Wildman–Crippen LogP) is 3.81. The zero-order chi connectivity index (χ0) is 60.5. The Morgan fingerprint density at radius 2 is 1.07 bits per heavy atom. The summed E-state index contributed by atoms with van der Waals surface area (Å²) in [5, 5.41) is 16.2. The van der Waals surface area contributed by atoms with Gasteiger partial charge in [-0.25, -0.2) is 19.9 Å². The number of benzene rings is 4. The van der Waals surface area contributed by atoms with Gasteiger partial charge in [-0.05, 0) is 67.2 Å². The number of fused-ring (bicyclic) bond motifs is 2. The van der Waals surface area contributed by atoms with Crippen molar-refractivity contribution in [3.8, 4) is 22.4 Å². The van der Waals surface area contributed by atoms with Crippen molar-refractivity contribution in [1.29, 1.82) is 5.41 Å². The number of carbonyl (C=O) groups excluding carboxylic acids is 2. The van der Waals surface area contributed by atoms with E-state index in [1.807, 2.05) is 24.3 Å². The molecule has 2 aliphatic heterocycles. The van der Waals surface area contributed by atoms with Gasteiger partial charge >= 0.3 is 0 Å². The number of nitrogens with two attached hydrogens (primary N) is 3. The minimum absolute atomic E-state index is 0.0127. The standard InChI is InChI=1S/C60H80Cl2N16O8/c1-74(41-55(79)67-14-26-81-30-34-85-36-32-83-28-24-75-16-20-77(21-17-75)46-7-2-43(3-8-46)57-49-40-69-60(73-59(65)66)71-52(49)13-11-50(57)62)42-56(80)68-15-27-82-31-35-86-37-33-84-29-25-76-18-22-78(23-19-76)47-9-4-44(5-10-47)58-48-38-45(61)6-12-51(48)70-54(72-58)39-53(63)64/h2-13,38,40H,14-37,39,41-42H2,1H3,(H3,63,64)(H,67,79)(H,68,80)(H4,65,66,69,71,73). The van der Waals surface area contributed by atoms with Crippen molar-refractivity contribution in [3.05, 3.63) is 101 Å². The van der Waals surface area contributed by atoms with Gasteiger partial charge in [0.15, 0.2) is 5.96 Å². The first kappa shape index (κ1) is 65.0. The third-order valence-electron chi connectivity index (χ3n) is 14.3. The van der Waals surface area contributed by atoms with Gasteiger partial charge in [-0.15, -0.1) is 0 Å². The number of ether oxygens (including phenoxy) is 6. The fourth-order valence-corrected chi connectivity index (χ4v) is 10.4. The third kappa shape index (κ3) is 20.9. The molecule has 4 aromatic carbocycles. The Balaban J connectivity index is 0.553. The number of anilines is 2. The largest absolute Gasteiger partial charge is 0.387 e. The summed E-state index contributed by atoms with van der Waals surface area (Å²) in [5.41, 5.74) is 24.0. The molecule has 0 atom stereocenters. The fraction of sp³-hybridized carbons (Fsp3) is 0.467. The molecule has 9 N–H and O–H groups in total. The molecule has 24 nitrogen and oxygen atoms in total. The van der Waals surface area contributed by atoms with Crippen molar-refractivity contribution >= 4 is 85.9 Å². The normalized spacial score (nSPS) is 14.1. The lowest BCUT2D eigenvalue weighted by molar-refractivity contribution is -0.124. The minimum Gasteiger partial charge on any atom is -0.387 e. The van der Waals surface area contributed by atoms with Crippen LogP contribution in [-0.4, -0.2) is 236 Å². The number of amidine groups is 1. The summed E-state index contributed by atoms with van der Waals surface area (Å²) < 4.78 is 34.2. The lowest BCUT2D eigenvalue weighted by Crippen LogP contribution is -2.47. The van der Waals surface area contributed by atoms with E-state index in [1.54, 1.807) is 24.2 Å². The maximum atomic E-state index is 12.4. The molecule has 0 radical (unpaired) electrons. The highest BCUT2D eigenvalue weighted by Gasteiger charge is 2.21. The lowest BCUT2D eigenvalue weighted by Gasteiger charge is -2.36. The molecule has 0 bridgehead atoms. The number of nitrogens with zero attached hydrogens (tertiary/aromatic N) is 10. The number of hydrogen-bond donors (Lipinski definition) is 6. The molecular formula is C60H80Cl2N16O8. The van der Waals surface area contributed by atoms with Gasteiger partial charge in [0.2, 0.25) is 11.8 Å². The summed E-state index contributed by atoms with van der Waals surface area (Å²) in [6.07, 6.45) is 1.87. The first-order valence-electron chi connectivity index (χ1n) is 29.0. The van der Waals surface area contributed by atoms with Crippen molar-refractivity contribution in [2.45, 2.75) is 6.42 Å². The predicted molar refractivity (Wildman–Crippen MR) is 337 cm³/mol. The second-order valence-electron chi connectivity index (χ2n) is 20.7. The number of aliphatic imine (C=N–C) groups is 1. The first-order valence-corrected chi connectivity index (χ1v) is 29.8. The molecule has 0 unspecified atom stereocenters. The van der Waals surface area contributed by atoms with Gasteiger partial charge in [-0.2, -0.15) is 4.99 Å². The van der Waals surface area contributed by atoms with E-state index in [0.717, 1.165) is 115 Å². The quantitative estimate of drug-likeness (QED) is 0.0187. The first-order chi connectivity index (χ1) is 41.8. The van der Waals surface area contributed by atoms with E-state index in [-0.39, 0.29) is 49.1 Å². The van der Waals surface area contributed by atoms with Gasteiger partial charge in [0.25, 0.3) is 5.95 Å². The number of amides is 2. The summed E-state index contributed by atoms with van der Waals surface area (Å²) in [6.45, 7) is 15.5. The summed E-state index contributed by atoms with van der Waals surface area (Å²) in [7, 11) is 1.72. The third-order valence-corrected chi connectivity index (χ3v) is 14.9. The Labute approximate surface area is 512 Å². The molecule has 6 aromatic rings. The zero-order valence-electron chi connectivity index (χ0n) is 48.9. The average molecular weight is 1220 g/mol. The second kappa shape index (κ2) is 34.4. The van der Waals surface area contributed by atoms with Gasteiger partial charge in [0, 0.05) is 128 Å². The van der Waals surface area contributed by atoms with E-state index in [4.69, 9.17) is 79.2 Å². The average Bonchev–Trinajstić information content (AvgIpc) is 1.46. The van der Waals surface area contributed by atoms with E-state index in [1.165, 1.54) is 0 Å². The number of rotatable bonds is 35. The Kier molecular flexibility index (Phi) is 26.0. The molecular weight excluding hydrogens is 1140 g/mol. The number of hydrogen-bond acceptors (Lipinski definition) is 19. The van der Waals surface area contributed by atoms with E-state index >= 15 is 0 Å². The maximum Gasteiger partial charge on any atom is 0.253 e. The Bertz CT molecular complexity index is 3150. The highest BCUT2D eigenvalue weighted by atomic mass is 35.5. The number of piperazine rings is 2. The number of likely N-dealkylation sites (N-methyl/N-ethyl adjacent to an activating group) is 1. The van der Waals surface area contributed by atoms with Crippen molar-refractivity contribution in [2.75, 3.05) is 188 Å². The molecule has 4 heterocycles. The van der Waals surface area contributed by atoms with E-state index in [9.17, 15) is 9.59 Å². The smallest absolute Gasteiger partial charge is 0.253 e. The van der Waals surface area contributed by atoms with Gasteiger partial charge in [-0.1, -0.05) is 47.5 Å². The molecule has 2 fully saturated rings. The van der Waals surface area contributed by atoms with Crippen LogP contribution in [0.3, 0.4) is 0 Å². The molecule has 0 spiro atoms. The molecule has 2 amide bonds. The second-order valence-corrected chi connectivity index (χ2v) is 21.6. The summed E-state index contributed by atoms with van der Waals surface area (Å²) in [6, 6.07) is 26.0. The summed E-state index contributed by atoms with van der Waals surface area (Å²) in [5.74, 6) is 0.217. The molecule has 26 heteroatoms. The Morgan fingerprint density at radius 3 is 1.58 bits per heavy atom. The lowest BCUT2D eigenvalue weighted by atomic mass is 10.0. The number of aromatic nitrogens is 4. The van der Waals surface area contributed by atoms with Crippen LogP contribution in [-0.2, 0) is 44.4 Å². The van der Waals surface area contributed by atoms with Crippen LogP contribution >= 0.6 is 23.2 Å². The molecule has 462 valence electrons. The molecule has 0 aliphatic carbocycles. The highest BCUT2D eigenvalue weighted by Crippen LogP contribution is 2.36. The maximum absolute atomic E-state index is 12.4. The van der Waals surface area contributed by atoms with Crippen molar-refractivity contribution in [2.24, 2.45) is 22.2 Å². The molecule has 8 rings (SSSR count). The Hall–Kier alpha value is -6.94. The van der Waals surface area contributed by atoms with Crippen LogP contribution in [0.25, 0.3) is 44.2 Å². The van der Waals surface area contributed by atoms with Crippen molar-refractivity contribution in [3.63, 3.8) is 0 Å². The number of nitrogens with one attached hydrogen (secondary N) is 3. The van der Waals surface area contributed by atoms with Crippen LogP contribution in [0.1, 0.15) is 5.82 Å². The molecule has 2 saturated heterocycles. The van der Waals surface area contributed by atoms with E-state index < -0.39 is 0 Å². The van der Waals surface area contributed by atoms with Gasteiger partial charge in [0.05, 0.1) is 121 Å². The molecule has 86 heavy (non-hydrogen) atoms. The van der Waals surface area contributed by atoms with Crippen LogP contribution in [0.15, 0.2) is 90.1 Å². The molecule has 2 aliphatic rings. The highest BCUT2D eigenvalue weighted by molar-refractivity contribution is 6.35. The van der Waals surface area contributed by atoms with Crippen LogP contribution < -0.4 is 37.6 Å². The number of guanidine groups is 1. The van der Waals surface area contributed by atoms with Gasteiger partial charge < -0.3 is 66.1 Å².